The van der Waals surface area contributed by atoms with Gasteiger partial charge in [-0.1, -0.05) is 51.3 Å². The molecule has 1 unspecified atom stereocenters. The predicted molar refractivity (Wildman–Crippen MR) is 77.8 cm³/mol. The largest absolute Gasteiger partial charge is 0.493 e. The molecule has 102 valence electrons. The van der Waals surface area contributed by atoms with Crippen molar-refractivity contribution in [1.82, 2.24) is 0 Å². The first kappa shape index (κ1) is 15.0. The fraction of sp³-hybridized carbons (Fsp3) is 0.625. The second kappa shape index (κ2) is 8.15. The van der Waals surface area contributed by atoms with Crippen LogP contribution < -0.4 is 10.5 Å². The Labute approximate surface area is 112 Å². The van der Waals surface area contributed by atoms with E-state index in [1.807, 2.05) is 31.2 Å². The molecule has 0 aliphatic rings. The summed E-state index contributed by atoms with van der Waals surface area (Å²) in [5, 5.41) is 0. The maximum Gasteiger partial charge on any atom is 0.124 e. The van der Waals surface area contributed by atoms with E-state index in [2.05, 4.69) is 13.8 Å². The highest BCUT2D eigenvalue weighted by Crippen LogP contribution is 2.24. The lowest BCUT2D eigenvalue weighted by Crippen LogP contribution is -2.14. The molecule has 0 fully saturated rings. The summed E-state index contributed by atoms with van der Waals surface area (Å²) in [6, 6.07) is 8.11. The van der Waals surface area contributed by atoms with Crippen LogP contribution in [0.25, 0.3) is 0 Å². The number of nitrogens with two attached hydrogens (primary N) is 1. The van der Waals surface area contributed by atoms with E-state index in [-0.39, 0.29) is 6.04 Å². The zero-order chi connectivity index (χ0) is 13.4. The number of para-hydroxylation sites is 1. The normalized spacial score (nSPS) is 14.2. The van der Waals surface area contributed by atoms with Crippen LogP contribution in [-0.4, -0.2) is 6.61 Å². The molecule has 1 aromatic carbocycles. The highest BCUT2D eigenvalue weighted by Gasteiger charge is 2.10. The number of hydrogen-bond donors (Lipinski definition) is 1. The van der Waals surface area contributed by atoms with Gasteiger partial charge in [-0.25, -0.2) is 0 Å². The van der Waals surface area contributed by atoms with Gasteiger partial charge in [0.2, 0.25) is 0 Å². The van der Waals surface area contributed by atoms with Gasteiger partial charge in [0.15, 0.2) is 0 Å². The summed E-state index contributed by atoms with van der Waals surface area (Å²) in [6.07, 6.45) is 4.98. The Kier molecular flexibility index (Phi) is 6.81. The Bertz CT molecular complexity index is 336. The molecule has 0 saturated carbocycles. The molecule has 0 amide bonds. The van der Waals surface area contributed by atoms with Crippen molar-refractivity contribution in [2.75, 3.05) is 6.61 Å². The molecular weight excluding hydrogens is 222 g/mol. The highest BCUT2D eigenvalue weighted by atomic mass is 16.5. The Morgan fingerprint density at radius 1 is 1.22 bits per heavy atom. The molecule has 0 aliphatic carbocycles. The average molecular weight is 249 g/mol. The van der Waals surface area contributed by atoms with E-state index >= 15 is 0 Å². The van der Waals surface area contributed by atoms with Gasteiger partial charge in [-0.2, -0.15) is 0 Å². The second-order valence-corrected chi connectivity index (χ2v) is 5.05. The van der Waals surface area contributed by atoms with Crippen molar-refractivity contribution in [3.05, 3.63) is 29.8 Å². The fourth-order valence-electron chi connectivity index (χ4n) is 2.09. The van der Waals surface area contributed by atoms with Crippen molar-refractivity contribution in [2.45, 2.75) is 52.5 Å². The third kappa shape index (κ3) is 4.69. The lowest BCUT2D eigenvalue weighted by Gasteiger charge is -2.18. The molecule has 0 bridgehead atoms. The third-order valence-electron chi connectivity index (χ3n) is 3.43. The molecule has 0 saturated heterocycles. The number of unbranched alkanes of at least 4 members (excludes halogenated alkanes) is 1. The standard InChI is InChI=1S/C16H27NO/c1-4-6-9-14(5-2)12-18-16-11-8-7-10-15(16)13(3)17/h7-8,10-11,13-14H,4-6,9,12,17H2,1-3H3/t13-,14?/m1/s1. The van der Waals surface area contributed by atoms with Gasteiger partial charge in [0.05, 0.1) is 6.61 Å². The summed E-state index contributed by atoms with van der Waals surface area (Å²) in [7, 11) is 0. The first-order chi connectivity index (χ1) is 8.69. The highest BCUT2D eigenvalue weighted by molar-refractivity contribution is 5.35. The number of benzene rings is 1. The van der Waals surface area contributed by atoms with E-state index in [4.69, 9.17) is 10.5 Å². The minimum absolute atomic E-state index is 0.0249. The van der Waals surface area contributed by atoms with E-state index in [1.165, 1.54) is 25.7 Å². The van der Waals surface area contributed by atoms with Crippen LogP contribution in [0.4, 0.5) is 0 Å². The summed E-state index contributed by atoms with van der Waals surface area (Å²) in [5.74, 6) is 1.61. The minimum Gasteiger partial charge on any atom is -0.493 e. The van der Waals surface area contributed by atoms with Crippen molar-refractivity contribution in [2.24, 2.45) is 11.7 Å². The number of rotatable bonds is 8. The molecule has 1 aromatic rings. The lowest BCUT2D eigenvalue weighted by molar-refractivity contribution is 0.231. The summed E-state index contributed by atoms with van der Waals surface area (Å²) >= 11 is 0. The van der Waals surface area contributed by atoms with E-state index < -0.39 is 0 Å². The molecule has 0 aliphatic heterocycles. The van der Waals surface area contributed by atoms with Crippen molar-refractivity contribution in [3.63, 3.8) is 0 Å². The molecule has 0 radical (unpaired) electrons. The SMILES string of the molecule is CCCCC(CC)COc1ccccc1[C@@H](C)N. The summed E-state index contributed by atoms with van der Waals surface area (Å²) in [4.78, 5) is 0. The van der Waals surface area contributed by atoms with Crippen LogP contribution in [0.2, 0.25) is 0 Å². The lowest BCUT2D eigenvalue weighted by atomic mass is 10.0. The van der Waals surface area contributed by atoms with Crippen molar-refractivity contribution in [1.29, 1.82) is 0 Å². The quantitative estimate of drug-likeness (QED) is 0.745. The molecule has 1 rings (SSSR count). The Hall–Kier alpha value is -1.02. The second-order valence-electron chi connectivity index (χ2n) is 5.05. The summed E-state index contributed by atoms with van der Waals surface area (Å²) < 4.78 is 5.97. The van der Waals surface area contributed by atoms with Gasteiger partial charge in [-0.3, -0.25) is 0 Å². The van der Waals surface area contributed by atoms with Crippen LogP contribution in [-0.2, 0) is 0 Å². The molecule has 0 spiro atoms. The molecule has 0 heterocycles. The molecular formula is C16H27NO. The van der Waals surface area contributed by atoms with Crippen LogP contribution in [0.5, 0.6) is 5.75 Å². The van der Waals surface area contributed by atoms with Gasteiger partial charge in [0, 0.05) is 11.6 Å². The fourth-order valence-corrected chi connectivity index (χ4v) is 2.09. The maximum atomic E-state index is 5.97. The smallest absolute Gasteiger partial charge is 0.124 e. The number of ether oxygens (including phenoxy) is 1. The molecule has 18 heavy (non-hydrogen) atoms. The van der Waals surface area contributed by atoms with E-state index in [0.29, 0.717) is 5.92 Å². The first-order valence-electron chi connectivity index (χ1n) is 7.16. The van der Waals surface area contributed by atoms with Gasteiger partial charge in [-0.05, 0) is 25.3 Å². The van der Waals surface area contributed by atoms with E-state index in [0.717, 1.165) is 17.9 Å². The van der Waals surface area contributed by atoms with Crippen molar-refractivity contribution >= 4 is 0 Å². The van der Waals surface area contributed by atoms with Crippen LogP contribution >= 0.6 is 0 Å². The Morgan fingerprint density at radius 3 is 2.56 bits per heavy atom. The van der Waals surface area contributed by atoms with Crippen molar-refractivity contribution in [3.8, 4) is 5.75 Å². The average Bonchev–Trinajstić information content (AvgIpc) is 2.39. The van der Waals surface area contributed by atoms with Gasteiger partial charge < -0.3 is 10.5 Å². The topological polar surface area (TPSA) is 35.2 Å². The summed E-state index contributed by atoms with van der Waals surface area (Å²) in [5.41, 5.74) is 7.05. The van der Waals surface area contributed by atoms with Gasteiger partial charge in [-0.15, -0.1) is 0 Å². The first-order valence-corrected chi connectivity index (χ1v) is 7.16. The zero-order valence-corrected chi connectivity index (χ0v) is 12.0. The zero-order valence-electron chi connectivity index (χ0n) is 12.0. The third-order valence-corrected chi connectivity index (χ3v) is 3.43. The summed E-state index contributed by atoms with van der Waals surface area (Å²) in [6.45, 7) is 7.27. The van der Waals surface area contributed by atoms with E-state index in [9.17, 15) is 0 Å². The molecule has 2 N–H and O–H groups in total. The van der Waals surface area contributed by atoms with Crippen molar-refractivity contribution < 1.29 is 4.74 Å². The monoisotopic (exact) mass is 249 g/mol. The van der Waals surface area contributed by atoms with Gasteiger partial charge in [0.1, 0.15) is 5.75 Å². The minimum atomic E-state index is 0.0249. The Balaban J connectivity index is 2.56. The van der Waals surface area contributed by atoms with Crippen LogP contribution in [0.1, 0.15) is 58.1 Å². The van der Waals surface area contributed by atoms with E-state index in [1.54, 1.807) is 0 Å². The van der Waals surface area contributed by atoms with Crippen LogP contribution in [0.3, 0.4) is 0 Å². The molecule has 0 aromatic heterocycles. The van der Waals surface area contributed by atoms with Crippen LogP contribution in [0, 0.1) is 5.92 Å². The van der Waals surface area contributed by atoms with Crippen LogP contribution in [0.15, 0.2) is 24.3 Å². The Morgan fingerprint density at radius 2 is 1.94 bits per heavy atom. The molecule has 2 atom stereocenters. The maximum absolute atomic E-state index is 5.97. The predicted octanol–water partition coefficient (Wildman–Crippen LogP) is 4.30. The molecule has 2 nitrogen and oxygen atoms in total. The number of hydrogen-bond acceptors (Lipinski definition) is 2. The van der Waals surface area contributed by atoms with Gasteiger partial charge in [0.25, 0.3) is 0 Å². The van der Waals surface area contributed by atoms with Gasteiger partial charge >= 0.3 is 0 Å². The molecule has 2 heteroatoms.